The van der Waals surface area contributed by atoms with Gasteiger partial charge >= 0.3 is 0 Å². The van der Waals surface area contributed by atoms with Crippen LogP contribution in [0.5, 0.6) is 0 Å². The topological polar surface area (TPSA) is 84.2 Å². The van der Waals surface area contributed by atoms with Crippen molar-refractivity contribution < 1.29 is 9.59 Å². The molecule has 0 heterocycles. The zero-order valence-electron chi connectivity index (χ0n) is 11.7. The van der Waals surface area contributed by atoms with Crippen LogP contribution in [-0.2, 0) is 4.79 Å². The van der Waals surface area contributed by atoms with Crippen LogP contribution < -0.4 is 16.4 Å². The summed E-state index contributed by atoms with van der Waals surface area (Å²) >= 11 is 0. The van der Waals surface area contributed by atoms with Crippen molar-refractivity contribution in [2.24, 2.45) is 5.73 Å². The van der Waals surface area contributed by atoms with E-state index in [2.05, 4.69) is 10.6 Å². The third kappa shape index (κ3) is 3.90. The Morgan fingerprint density at radius 3 is 2.38 bits per heavy atom. The number of hydrogen-bond acceptors (Lipinski definition) is 3. The van der Waals surface area contributed by atoms with Crippen LogP contribution >= 0.6 is 0 Å². The van der Waals surface area contributed by atoms with Gasteiger partial charge < -0.3 is 16.4 Å². The van der Waals surface area contributed by atoms with Crippen LogP contribution in [0.2, 0.25) is 0 Å². The van der Waals surface area contributed by atoms with Crippen molar-refractivity contribution >= 4 is 23.2 Å². The quantitative estimate of drug-likeness (QED) is 0.803. The van der Waals surface area contributed by atoms with Crippen LogP contribution in [0.25, 0.3) is 0 Å². The number of rotatable bonds is 4. The van der Waals surface area contributed by atoms with Crippen LogP contribution in [0, 0.1) is 6.92 Å². The SMILES string of the molecule is Cc1ccc(NC(=O)c2ccccc2)c(NC(=O)CN)c1. The van der Waals surface area contributed by atoms with Gasteiger partial charge in [0.05, 0.1) is 17.9 Å². The Hall–Kier alpha value is -2.66. The fourth-order valence-corrected chi connectivity index (χ4v) is 1.86. The van der Waals surface area contributed by atoms with Gasteiger partial charge in [0.15, 0.2) is 0 Å². The number of benzene rings is 2. The van der Waals surface area contributed by atoms with Gasteiger partial charge in [-0.25, -0.2) is 0 Å². The van der Waals surface area contributed by atoms with Gasteiger partial charge in [0.1, 0.15) is 0 Å². The first-order valence-corrected chi connectivity index (χ1v) is 6.57. The number of nitrogens with two attached hydrogens (primary N) is 1. The molecule has 0 aromatic heterocycles. The lowest BCUT2D eigenvalue weighted by Crippen LogP contribution is -2.23. The van der Waals surface area contributed by atoms with Crippen LogP contribution in [0.15, 0.2) is 48.5 Å². The largest absolute Gasteiger partial charge is 0.323 e. The molecule has 0 radical (unpaired) electrons. The summed E-state index contributed by atoms with van der Waals surface area (Å²) in [5, 5.41) is 5.47. The second-order valence-electron chi connectivity index (χ2n) is 4.62. The van der Waals surface area contributed by atoms with E-state index in [0.29, 0.717) is 16.9 Å². The standard InChI is InChI=1S/C16H17N3O2/c1-11-7-8-13(14(9-11)18-15(20)10-17)19-16(21)12-5-3-2-4-6-12/h2-9H,10,17H2,1H3,(H,18,20)(H,19,21). The lowest BCUT2D eigenvalue weighted by molar-refractivity contribution is -0.114. The van der Waals surface area contributed by atoms with E-state index in [0.717, 1.165) is 5.56 Å². The first-order valence-electron chi connectivity index (χ1n) is 6.57. The highest BCUT2D eigenvalue weighted by Gasteiger charge is 2.10. The van der Waals surface area contributed by atoms with Crippen molar-refractivity contribution in [1.82, 2.24) is 0 Å². The van der Waals surface area contributed by atoms with Gasteiger partial charge in [-0.3, -0.25) is 9.59 Å². The molecule has 0 aliphatic rings. The third-order valence-electron chi connectivity index (χ3n) is 2.92. The summed E-state index contributed by atoms with van der Waals surface area (Å²) in [6.45, 7) is 1.79. The number of hydrogen-bond donors (Lipinski definition) is 3. The van der Waals surface area contributed by atoms with Gasteiger partial charge in [-0.1, -0.05) is 24.3 Å². The van der Waals surface area contributed by atoms with Crippen molar-refractivity contribution in [3.05, 3.63) is 59.7 Å². The molecule has 0 aliphatic heterocycles. The van der Waals surface area contributed by atoms with E-state index in [1.54, 1.807) is 36.4 Å². The molecule has 4 N–H and O–H groups in total. The Morgan fingerprint density at radius 1 is 1.00 bits per heavy atom. The minimum Gasteiger partial charge on any atom is -0.323 e. The summed E-state index contributed by atoms with van der Waals surface area (Å²) in [7, 11) is 0. The highest BCUT2D eigenvalue weighted by molar-refractivity contribution is 6.07. The molecule has 2 aromatic rings. The molecule has 0 saturated carbocycles. The number of aryl methyl sites for hydroxylation is 1. The monoisotopic (exact) mass is 283 g/mol. The molecule has 0 bridgehead atoms. The fraction of sp³-hybridized carbons (Fsp3) is 0.125. The summed E-state index contributed by atoms with van der Waals surface area (Å²) in [5.41, 5.74) is 7.90. The predicted octanol–water partition coefficient (Wildman–Crippen LogP) is 2.14. The van der Waals surface area contributed by atoms with E-state index in [9.17, 15) is 9.59 Å². The van der Waals surface area contributed by atoms with Crippen molar-refractivity contribution in [3.8, 4) is 0 Å². The van der Waals surface area contributed by atoms with Crippen LogP contribution in [0.1, 0.15) is 15.9 Å². The Labute approximate surface area is 123 Å². The number of amides is 2. The predicted molar refractivity (Wildman–Crippen MR) is 83.3 cm³/mol. The van der Waals surface area contributed by atoms with Crippen molar-refractivity contribution in [2.45, 2.75) is 6.92 Å². The van der Waals surface area contributed by atoms with Gasteiger partial charge in [-0.15, -0.1) is 0 Å². The minimum atomic E-state index is -0.309. The van der Waals surface area contributed by atoms with E-state index < -0.39 is 0 Å². The van der Waals surface area contributed by atoms with Gasteiger partial charge in [0.2, 0.25) is 5.91 Å². The van der Waals surface area contributed by atoms with Crippen molar-refractivity contribution in [2.75, 3.05) is 17.2 Å². The first kappa shape index (κ1) is 14.7. The molecule has 0 aliphatic carbocycles. The Morgan fingerprint density at radius 2 is 1.71 bits per heavy atom. The Bertz CT molecular complexity index is 654. The van der Waals surface area contributed by atoms with Crippen LogP contribution in [0.3, 0.4) is 0 Å². The van der Waals surface area contributed by atoms with Gasteiger partial charge in [0, 0.05) is 5.56 Å². The zero-order valence-corrected chi connectivity index (χ0v) is 11.7. The number of carbonyl (C=O) groups is 2. The first-order chi connectivity index (χ1) is 10.1. The summed E-state index contributed by atoms with van der Waals surface area (Å²) in [5.74, 6) is -0.543. The lowest BCUT2D eigenvalue weighted by Gasteiger charge is -2.13. The molecule has 5 nitrogen and oxygen atoms in total. The minimum absolute atomic E-state index is 0.111. The van der Waals surface area contributed by atoms with E-state index in [1.165, 1.54) is 0 Å². The lowest BCUT2D eigenvalue weighted by atomic mass is 10.1. The normalized spacial score (nSPS) is 10.0. The molecule has 2 aromatic carbocycles. The molecule has 2 rings (SSSR count). The summed E-state index contributed by atoms with van der Waals surface area (Å²) in [4.78, 5) is 23.6. The van der Waals surface area contributed by atoms with Gasteiger partial charge in [0.25, 0.3) is 5.91 Å². The fourth-order valence-electron chi connectivity index (χ4n) is 1.86. The maximum Gasteiger partial charge on any atom is 0.255 e. The summed E-state index contributed by atoms with van der Waals surface area (Å²) < 4.78 is 0. The maximum absolute atomic E-state index is 12.2. The zero-order chi connectivity index (χ0) is 15.2. The van der Waals surface area contributed by atoms with E-state index >= 15 is 0 Å². The summed E-state index contributed by atoms with van der Waals surface area (Å²) in [6, 6.07) is 14.3. The van der Waals surface area contributed by atoms with Gasteiger partial charge in [-0.2, -0.15) is 0 Å². The molecular weight excluding hydrogens is 266 g/mol. The highest BCUT2D eigenvalue weighted by atomic mass is 16.2. The molecule has 0 spiro atoms. The summed E-state index contributed by atoms with van der Waals surface area (Å²) in [6.07, 6.45) is 0. The second-order valence-corrected chi connectivity index (χ2v) is 4.62. The van der Waals surface area contributed by atoms with Crippen LogP contribution in [0.4, 0.5) is 11.4 Å². The molecule has 5 heteroatoms. The van der Waals surface area contributed by atoms with E-state index in [4.69, 9.17) is 5.73 Å². The molecular formula is C16H17N3O2. The van der Waals surface area contributed by atoms with E-state index in [-0.39, 0.29) is 18.4 Å². The maximum atomic E-state index is 12.2. The van der Waals surface area contributed by atoms with Crippen LogP contribution in [-0.4, -0.2) is 18.4 Å². The average Bonchev–Trinajstić information content (AvgIpc) is 2.50. The average molecular weight is 283 g/mol. The Kier molecular flexibility index (Phi) is 4.68. The van der Waals surface area contributed by atoms with Gasteiger partial charge in [-0.05, 0) is 36.8 Å². The Balaban J connectivity index is 2.23. The third-order valence-corrected chi connectivity index (χ3v) is 2.92. The molecule has 0 unspecified atom stereocenters. The molecule has 21 heavy (non-hydrogen) atoms. The molecule has 2 amide bonds. The number of carbonyl (C=O) groups excluding carboxylic acids is 2. The number of nitrogens with one attached hydrogen (secondary N) is 2. The van der Waals surface area contributed by atoms with Crippen molar-refractivity contribution in [3.63, 3.8) is 0 Å². The highest BCUT2D eigenvalue weighted by Crippen LogP contribution is 2.23. The molecule has 0 saturated heterocycles. The molecule has 0 fully saturated rings. The molecule has 0 atom stereocenters. The number of anilines is 2. The smallest absolute Gasteiger partial charge is 0.255 e. The second kappa shape index (κ2) is 6.67. The molecule has 108 valence electrons. The van der Waals surface area contributed by atoms with E-state index in [1.807, 2.05) is 19.1 Å². The van der Waals surface area contributed by atoms with Crippen molar-refractivity contribution in [1.29, 1.82) is 0 Å².